The summed E-state index contributed by atoms with van der Waals surface area (Å²) in [7, 11) is 1.52. The van der Waals surface area contributed by atoms with E-state index in [0.29, 0.717) is 34.2 Å². The van der Waals surface area contributed by atoms with Gasteiger partial charge in [-0.15, -0.1) is 0 Å². The number of thiocarbonyl (C=S) groups is 1. The summed E-state index contributed by atoms with van der Waals surface area (Å²) in [4.78, 5) is 8.59. The monoisotopic (exact) mass is 466 g/mol. The lowest BCUT2D eigenvalue weighted by Gasteiger charge is -2.11. The van der Waals surface area contributed by atoms with E-state index in [0.717, 1.165) is 17.1 Å². The molecule has 162 valence electrons. The van der Waals surface area contributed by atoms with Gasteiger partial charge in [0.2, 0.25) is 17.7 Å². The average molecular weight is 467 g/mol. The molecule has 32 heavy (non-hydrogen) atoms. The number of nitrogens with zero attached hydrogens (tertiary/aromatic N) is 2. The number of anilines is 1. The molecule has 0 bridgehead atoms. The first-order valence-electron chi connectivity index (χ1n) is 9.64. The van der Waals surface area contributed by atoms with Crippen LogP contribution >= 0.6 is 23.8 Å². The summed E-state index contributed by atoms with van der Waals surface area (Å²) in [5, 5.41) is 7.02. The Labute approximate surface area is 195 Å². The highest BCUT2D eigenvalue weighted by Gasteiger charge is 2.10. The molecule has 7 nitrogen and oxygen atoms in total. The molecule has 0 fully saturated rings. The summed E-state index contributed by atoms with van der Waals surface area (Å²) in [6.45, 7) is 0.386. The number of hydrogen-bond acceptors (Lipinski definition) is 6. The van der Waals surface area contributed by atoms with Crippen LogP contribution in [0.4, 0.5) is 5.95 Å². The van der Waals surface area contributed by atoms with E-state index in [1.54, 1.807) is 6.07 Å². The fourth-order valence-electron chi connectivity index (χ4n) is 2.78. The zero-order valence-corrected chi connectivity index (χ0v) is 18.6. The first-order chi connectivity index (χ1) is 15.6. The predicted octanol–water partition coefficient (Wildman–Crippen LogP) is 5.68. The molecule has 0 unspecified atom stereocenters. The van der Waals surface area contributed by atoms with Gasteiger partial charge in [0.25, 0.3) is 0 Å². The summed E-state index contributed by atoms with van der Waals surface area (Å²) in [6, 6.07) is 22.1. The second kappa shape index (κ2) is 10.1. The minimum absolute atomic E-state index is 0.245. The molecule has 2 aromatic carbocycles. The molecule has 4 rings (SSSR count). The van der Waals surface area contributed by atoms with Gasteiger partial charge in [-0.25, -0.2) is 0 Å². The number of methoxy groups -OCH3 is 1. The lowest BCUT2D eigenvalue weighted by atomic mass is 10.2. The van der Waals surface area contributed by atoms with Gasteiger partial charge < -0.3 is 24.5 Å². The number of rotatable bonds is 7. The van der Waals surface area contributed by atoms with E-state index in [-0.39, 0.29) is 5.95 Å². The number of halogens is 1. The van der Waals surface area contributed by atoms with Crippen LogP contribution in [-0.2, 0) is 6.54 Å². The number of aromatic nitrogens is 2. The van der Waals surface area contributed by atoms with Crippen molar-refractivity contribution in [3.8, 4) is 28.8 Å². The number of ether oxygens (including phenoxy) is 2. The molecule has 0 saturated carbocycles. The minimum atomic E-state index is 0.245. The molecule has 4 aromatic rings. The Bertz CT molecular complexity index is 1200. The van der Waals surface area contributed by atoms with Crippen molar-refractivity contribution in [3.63, 3.8) is 0 Å². The van der Waals surface area contributed by atoms with Crippen molar-refractivity contribution in [2.75, 3.05) is 12.4 Å². The zero-order valence-electron chi connectivity index (χ0n) is 17.0. The van der Waals surface area contributed by atoms with Crippen LogP contribution in [0, 0.1) is 0 Å². The van der Waals surface area contributed by atoms with Crippen molar-refractivity contribution in [2.24, 2.45) is 0 Å². The van der Waals surface area contributed by atoms with Crippen molar-refractivity contribution in [2.45, 2.75) is 6.54 Å². The molecule has 0 aliphatic rings. The maximum Gasteiger partial charge on any atom is 0.235 e. The van der Waals surface area contributed by atoms with E-state index >= 15 is 0 Å². The van der Waals surface area contributed by atoms with Gasteiger partial charge in [-0.2, -0.15) is 9.97 Å². The van der Waals surface area contributed by atoms with Crippen molar-refractivity contribution >= 4 is 34.9 Å². The van der Waals surface area contributed by atoms with E-state index in [1.807, 2.05) is 66.7 Å². The summed E-state index contributed by atoms with van der Waals surface area (Å²) in [6.07, 6.45) is 0. The molecular weight excluding hydrogens is 448 g/mol. The smallest absolute Gasteiger partial charge is 0.235 e. The predicted molar refractivity (Wildman–Crippen MR) is 127 cm³/mol. The fraction of sp³-hybridized carbons (Fsp3) is 0.0870. The molecule has 2 heterocycles. The number of benzene rings is 2. The quantitative estimate of drug-likeness (QED) is 0.337. The Kier molecular flexibility index (Phi) is 6.84. The van der Waals surface area contributed by atoms with Crippen molar-refractivity contribution in [1.29, 1.82) is 0 Å². The number of furan rings is 1. The third-order valence-electron chi connectivity index (χ3n) is 4.29. The van der Waals surface area contributed by atoms with Gasteiger partial charge in [-0.3, -0.25) is 0 Å². The lowest BCUT2D eigenvalue weighted by Crippen LogP contribution is -2.28. The molecule has 0 aliphatic heterocycles. The van der Waals surface area contributed by atoms with Gasteiger partial charge in [-0.05, 0) is 60.7 Å². The van der Waals surface area contributed by atoms with Crippen LogP contribution in [-0.4, -0.2) is 22.2 Å². The van der Waals surface area contributed by atoms with E-state index in [2.05, 4.69) is 20.6 Å². The summed E-state index contributed by atoms with van der Waals surface area (Å²) >= 11 is 11.3. The second-order valence-corrected chi connectivity index (χ2v) is 7.41. The number of para-hydroxylation sites is 1. The lowest BCUT2D eigenvalue weighted by molar-refractivity contribution is 0.389. The molecular formula is C23H19ClN4O3S. The van der Waals surface area contributed by atoms with Gasteiger partial charge in [0.05, 0.1) is 19.7 Å². The Morgan fingerprint density at radius 1 is 1.00 bits per heavy atom. The largest absolute Gasteiger partial charge is 0.481 e. The third-order valence-corrected chi connectivity index (χ3v) is 4.79. The van der Waals surface area contributed by atoms with Crippen LogP contribution in [0.15, 0.2) is 77.2 Å². The average Bonchev–Trinajstić information content (AvgIpc) is 3.28. The molecule has 0 spiro atoms. The SMILES string of the molecule is COc1cc(Oc2ccccc2)nc(NC(=S)NCc2ccc(-c3ccc(Cl)cc3)o2)n1. The Balaban J connectivity index is 1.37. The van der Waals surface area contributed by atoms with Crippen LogP contribution < -0.4 is 20.1 Å². The highest BCUT2D eigenvalue weighted by Crippen LogP contribution is 2.25. The maximum absolute atomic E-state index is 5.94. The number of nitrogens with one attached hydrogen (secondary N) is 2. The third kappa shape index (κ3) is 5.75. The van der Waals surface area contributed by atoms with E-state index in [9.17, 15) is 0 Å². The van der Waals surface area contributed by atoms with Gasteiger partial charge in [-0.1, -0.05) is 29.8 Å². The van der Waals surface area contributed by atoms with Crippen molar-refractivity contribution in [1.82, 2.24) is 15.3 Å². The highest BCUT2D eigenvalue weighted by molar-refractivity contribution is 7.80. The van der Waals surface area contributed by atoms with Crippen molar-refractivity contribution < 1.29 is 13.9 Å². The molecule has 2 aromatic heterocycles. The van der Waals surface area contributed by atoms with Gasteiger partial charge in [0.15, 0.2) is 5.11 Å². The maximum atomic E-state index is 5.94. The molecule has 0 saturated heterocycles. The van der Waals surface area contributed by atoms with E-state index < -0.39 is 0 Å². The molecule has 0 atom stereocenters. The molecule has 0 radical (unpaired) electrons. The van der Waals surface area contributed by atoms with Gasteiger partial charge >= 0.3 is 0 Å². The first kappa shape index (κ1) is 21.6. The molecule has 9 heteroatoms. The molecule has 0 aliphatic carbocycles. The van der Waals surface area contributed by atoms with Crippen LogP contribution in [0.5, 0.6) is 17.5 Å². The summed E-state index contributed by atoms with van der Waals surface area (Å²) in [5.41, 5.74) is 0.942. The van der Waals surface area contributed by atoms with E-state index in [1.165, 1.54) is 7.11 Å². The van der Waals surface area contributed by atoms with Gasteiger partial charge in [0, 0.05) is 10.6 Å². The normalized spacial score (nSPS) is 10.4. The first-order valence-corrected chi connectivity index (χ1v) is 10.4. The Hall–Kier alpha value is -3.62. The van der Waals surface area contributed by atoms with Crippen LogP contribution in [0.2, 0.25) is 5.02 Å². The molecule has 2 N–H and O–H groups in total. The standard InChI is InChI=1S/C23H19ClN4O3S/c1-29-20-13-21(31-17-5-3-2-4-6-17)27-22(26-20)28-23(32)25-14-18-11-12-19(30-18)15-7-9-16(24)10-8-15/h2-13H,14H2,1H3,(H2,25,26,27,28,32). The van der Waals surface area contributed by atoms with Crippen molar-refractivity contribution in [3.05, 3.63) is 83.6 Å². The summed E-state index contributed by atoms with van der Waals surface area (Å²) < 4.78 is 16.9. The summed E-state index contributed by atoms with van der Waals surface area (Å²) in [5.74, 6) is 3.03. The Morgan fingerprint density at radius 2 is 1.75 bits per heavy atom. The van der Waals surface area contributed by atoms with Gasteiger partial charge in [0.1, 0.15) is 17.3 Å². The van der Waals surface area contributed by atoms with Crippen LogP contribution in [0.3, 0.4) is 0 Å². The fourth-order valence-corrected chi connectivity index (χ4v) is 3.07. The topological polar surface area (TPSA) is 81.4 Å². The molecule has 0 amide bonds. The Morgan fingerprint density at radius 3 is 2.50 bits per heavy atom. The second-order valence-electron chi connectivity index (χ2n) is 6.57. The number of hydrogen-bond donors (Lipinski definition) is 2. The van der Waals surface area contributed by atoms with Crippen LogP contribution in [0.25, 0.3) is 11.3 Å². The van der Waals surface area contributed by atoms with Crippen LogP contribution in [0.1, 0.15) is 5.76 Å². The zero-order chi connectivity index (χ0) is 22.3. The minimum Gasteiger partial charge on any atom is -0.481 e. The highest BCUT2D eigenvalue weighted by atomic mass is 35.5. The van der Waals surface area contributed by atoms with E-state index in [4.69, 9.17) is 37.7 Å².